The molecule has 3 aromatic carbocycles. The Morgan fingerprint density at radius 1 is 0.929 bits per heavy atom. The second-order valence-corrected chi connectivity index (χ2v) is 7.88. The van der Waals surface area contributed by atoms with E-state index in [1.165, 1.54) is 0 Å². The quantitative estimate of drug-likeness (QED) is 0.658. The van der Waals surface area contributed by atoms with Crippen molar-refractivity contribution in [1.82, 2.24) is 0 Å². The number of ether oxygens (including phenoxy) is 1. The highest BCUT2D eigenvalue weighted by atomic mass is 35.5. The van der Waals surface area contributed by atoms with Crippen LogP contribution in [0.4, 0.5) is 11.4 Å². The molecule has 2 unspecified atom stereocenters. The van der Waals surface area contributed by atoms with Crippen LogP contribution in [0.5, 0.6) is 5.75 Å². The standard InChI is InChI=1S/C21H18ClN3O2S/c1-27-19-13-11-18(12-14-19)24-20(15-7-9-16(22)10-8-15)21(23)25(28(24)26)17-5-3-2-4-6-17/h2-14,20,23H,1H3. The number of benzene rings is 3. The normalized spacial score (nSPS) is 19.1. The highest BCUT2D eigenvalue weighted by molar-refractivity contribution is 7.89. The Hall–Kier alpha value is -2.83. The molecule has 0 bridgehead atoms. The van der Waals surface area contributed by atoms with E-state index in [0.717, 1.165) is 11.3 Å². The van der Waals surface area contributed by atoms with Gasteiger partial charge in [-0.3, -0.25) is 9.71 Å². The molecule has 142 valence electrons. The fraction of sp³-hybridized carbons (Fsp3) is 0.0952. The van der Waals surface area contributed by atoms with E-state index >= 15 is 0 Å². The van der Waals surface area contributed by atoms with Gasteiger partial charge >= 0.3 is 0 Å². The first-order valence-corrected chi connectivity index (χ1v) is 10.1. The van der Waals surface area contributed by atoms with Crippen LogP contribution in [-0.4, -0.2) is 17.2 Å². The van der Waals surface area contributed by atoms with E-state index in [9.17, 15) is 4.21 Å². The minimum absolute atomic E-state index is 0.239. The Balaban J connectivity index is 1.82. The maximum Gasteiger partial charge on any atom is 0.232 e. The number of rotatable bonds is 4. The van der Waals surface area contributed by atoms with Gasteiger partial charge in [0.15, 0.2) is 0 Å². The Morgan fingerprint density at radius 2 is 1.57 bits per heavy atom. The van der Waals surface area contributed by atoms with Crippen molar-refractivity contribution >= 4 is 40.0 Å². The molecule has 0 aliphatic carbocycles. The van der Waals surface area contributed by atoms with Gasteiger partial charge in [0.25, 0.3) is 0 Å². The lowest BCUT2D eigenvalue weighted by Gasteiger charge is -2.23. The fourth-order valence-electron chi connectivity index (χ4n) is 3.18. The number of nitrogens with one attached hydrogen (secondary N) is 1. The van der Waals surface area contributed by atoms with Gasteiger partial charge in [0.1, 0.15) is 17.6 Å². The zero-order chi connectivity index (χ0) is 19.7. The van der Waals surface area contributed by atoms with Gasteiger partial charge < -0.3 is 4.74 Å². The molecule has 3 aromatic rings. The van der Waals surface area contributed by atoms with Crippen molar-refractivity contribution < 1.29 is 8.95 Å². The molecule has 1 N–H and O–H groups in total. The summed E-state index contributed by atoms with van der Waals surface area (Å²) in [5.41, 5.74) is 2.29. The first-order valence-electron chi connectivity index (χ1n) is 8.64. The van der Waals surface area contributed by atoms with E-state index in [4.69, 9.17) is 21.7 Å². The number of hydrogen-bond acceptors (Lipinski definition) is 3. The smallest absolute Gasteiger partial charge is 0.232 e. The predicted molar refractivity (Wildman–Crippen MR) is 114 cm³/mol. The molecular weight excluding hydrogens is 394 g/mol. The monoisotopic (exact) mass is 411 g/mol. The highest BCUT2D eigenvalue weighted by Gasteiger charge is 2.44. The van der Waals surface area contributed by atoms with Crippen molar-refractivity contribution in [2.24, 2.45) is 0 Å². The summed E-state index contributed by atoms with van der Waals surface area (Å²) in [7, 11) is 1.60. The Bertz CT molecular complexity index is 1010. The fourth-order valence-corrected chi connectivity index (χ4v) is 4.76. The third-order valence-electron chi connectivity index (χ3n) is 4.54. The summed E-state index contributed by atoms with van der Waals surface area (Å²) in [4.78, 5) is 0. The Morgan fingerprint density at radius 3 is 2.18 bits per heavy atom. The average Bonchev–Trinajstić information content (AvgIpc) is 2.99. The Labute approximate surface area is 171 Å². The third kappa shape index (κ3) is 3.25. The molecule has 28 heavy (non-hydrogen) atoms. The van der Waals surface area contributed by atoms with Gasteiger partial charge in [0.2, 0.25) is 11.2 Å². The molecule has 1 aliphatic rings. The van der Waals surface area contributed by atoms with Gasteiger partial charge in [-0.25, -0.2) is 8.51 Å². The van der Waals surface area contributed by atoms with Gasteiger partial charge in [-0.1, -0.05) is 41.9 Å². The molecule has 1 aliphatic heterocycles. The second kappa shape index (κ2) is 7.66. The van der Waals surface area contributed by atoms with Crippen LogP contribution in [0.25, 0.3) is 0 Å². The van der Waals surface area contributed by atoms with Crippen LogP contribution in [0.2, 0.25) is 5.02 Å². The van der Waals surface area contributed by atoms with Gasteiger partial charge in [-0.05, 0) is 54.1 Å². The average molecular weight is 412 g/mol. The summed E-state index contributed by atoms with van der Waals surface area (Å²) in [6, 6.07) is 23.5. The van der Waals surface area contributed by atoms with E-state index in [-0.39, 0.29) is 5.84 Å². The zero-order valence-electron chi connectivity index (χ0n) is 15.1. The second-order valence-electron chi connectivity index (χ2n) is 6.22. The van der Waals surface area contributed by atoms with Crippen LogP contribution >= 0.6 is 11.6 Å². The molecule has 2 atom stereocenters. The van der Waals surface area contributed by atoms with E-state index in [2.05, 4.69) is 0 Å². The molecule has 7 heteroatoms. The zero-order valence-corrected chi connectivity index (χ0v) is 16.7. The summed E-state index contributed by atoms with van der Waals surface area (Å²) >= 11 is 4.44. The number of amidine groups is 1. The molecule has 4 rings (SSSR count). The van der Waals surface area contributed by atoms with Crippen LogP contribution in [0.15, 0.2) is 78.9 Å². The van der Waals surface area contributed by atoms with Crippen LogP contribution in [0.1, 0.15) is 11.6 Å². The molecule has 1 heterocycles. The number of para-hydroxylation sites is 1. The minimum atomic E-state index is -1.61. The molecule has 0 aromatic heterocycles. The topological polar surface area (TPSA) is 56.6 Å². The van der Waals surface area contributed by atoms with Crippen molar-refractivity contribution in [3.05, 3.63) is 89.4 Å². The maximum absolute atomic E-state index is 13.5. The summed E-state index contributed by atoms with van der Waals surface area (Å²) in [6.07, 6.45) is 0. The van der Waals surface area contributed by atoms with E-state index in [1.807, 2.05) is 66.7 Å². The predicted octanol–water partition coefficient (Wildman–Crippen LogP) is 4.97. The minimum Gasteiger partial charge on any atom is -0.497 e. The van der Waals surface area contributed by atoms with E-state index < -0.39 is 17.2 Å². The molecule has 0 spiro atoms. The van der Waals surface area contributed by atoms with Gasteiger partial charge in [-0.15, -0.1) is 0 Å². The number of nitrogens with zero attached hydrogens (tertiary/aromatic N) is 2. The van der Waals surface area contributed by atoms with Crippen LogP contribution in [-0.2, 0) is 11.2 Å². The highest BCUT2D eigenvalue weighted by Crippen LogP contribution is 2.40. The van der Waals surface area contributed by atoms with E-state index in [1.54, 1.807) is 27.9 Å². The molecular formula is C21H18ClN3O2S. The lowest BCUT2D eigenvalue weighted by Crippen LogP contribution is -2.27. The largest absolute Gasteiger partial charge is 0.497 e. The van der Waals surface area contributed by atoms with E-state index in [0.29, 0.717) is 16.5 Å². The first-order chi connectivity index (χ1) is 13.6. The number of halogens is 1. The summed E-state index contributed by atoms with van der Waals surface area (Å²) in [6.45, 7) is 0. The number of anilines is 2. The van der Waals surface area contributed by atoms with Crippen LogP contribution in [0.3, 0.4) is 0 Å². The van der Waals surface area contributed by atoms with Crippen LogP contribution < -0.4 is 13.3 Å². The van der Waals surface area contributed by atoms with Crippen molar-refractivity contribution in [1.29, 1.82) is 5.41 Å². The van der Waals surface area contributed by atoms with Gasteiger partial charge in [-0.2, -0.15) is 0 Å². The SMILES string of the molecule is COc1ccc(N2C(c3ccc(Cl)cc3)C(=N)N(c3ccccc3)S2=O)cc1. The summed E-state index contributed by atoms with van der Waals surface area (Å²) in [5.74, 6) is 0.953. The molecule has 5 nitrogen and oxygen atoms in total. The van der Waals surface area contributed by atoms with Gasteiger partial charge in [0, 0.05) is 5.02 Å². The molecule has 1 saturated heterocycles. The lowest BCUT2D eigenvalue weighted by molar-refractivity contribution is 0.415. The number of methoxy groups -OCH3 is 1. The molecule has 0 amide bonds. The Kier molecular flexibility index (Phi) is 5.07. The molecule has 0 saturated carbocycles. The van der Waals surface area contributed by atoms with Gasteiger partial charge in [0.05, 0.1) is 18.5 Å². The summed E-state index contributed by atoms with van der Waals surface area (Å²) in [5, 5.41) is 9.43. The van der Waals surface area contributed by atoms with Crippen molar-refractivity contribution in [3.8, 4) is 5.75 Å². The first kappa shape index (κ1) is 18.5. The van der Waals surface area contributed by atoms with Crippen LogP contribution in [0, 0.1) is 5.41 Å². The van der Waals surface area contributed by atoms with Crippen molar-refractivity contribution in [2.45, 2.75) is 6.04 Å². The maximum atomic E-state index is 13.5. The summed E-state index contributed by atoms with van der Waals surface area (Å²) < 4.78 is 22.0. The number of hydrogen-bond donors (Lipinski definition) is 1. The molecule has 0 radical (unpaired) electrons. The van der Waals surface area contributed by atoms with Crippen molar-refractivity contribution in [2.75, 3.05) is 15.7 Å². The molecule has 1 fully saturated rings. The van der Waals surface area contributed by atoms with Crippen molar-refractivity contribution in [3.63, 3.8) is 0 Å². The lowest BCUT2D eigenvalue weighted by atomic mass is 10.0. The third-order valence-corrected chi connectivity index (χ3v) is 6.27.